The highest BCUT2D eigenvalue weighted by molar-refractivity contribution is 6.46. The molecule has 0 aliphatic carbocycles. The van der Waals surface area contributed by atoms with E-state index in [1.165, 1.54) is 0 Å². The molecule has 0 amide bonds. The van der Waals surface area contributed by atoms with Crippen molar-refractivity contribution in [3.05, 3.63) is 11.1 Å². The third kappa shape index (κ3) is 3.91. The van der Waals surface area contributed by atoms with Crippen molar-refractivity contribution in [1.29, 1.82) is 0 Å². The molecule has 0 aliphatic rings. The summed E-state index contributed by atoms with van der Waals surface area (Å²) in [5.74, 6) is -4.16. The number of carboxylic acid groups (broad SMARTS) is 2. The Morgan fingerprint density at radius 2 is 1.69 bits per heavy atom. The molecule has 1 unspecified atom stereocenters. The SMILES string of the molecule is O=C(O)/C(Cl)=C\C(=O)C(Cl)C(=O)O. The average molecular weight is 227 g/mol. The molecule has 72 valence electrons. The summed E-state index contributed by atoms with van der Waals surface area (Å²) in [6.45, 7) is 0. The van der Waals surface area contributed by atoms with E-state index in [1.54, 1.807) is 0 Å². The summed E-state index contributed by atoms with van der Waals surface area (Å²) >= 11 is 10.1. The van der Waals surface area contributed by atoms with Gasteiger partial charge >= 0.3 is 11.9 Å². The van der Waals surface area contributed by atoms with E-state index in [0.29, 0.717) is 6.08 Å². The number of ketones is 1. The predicted molar refractivity (Wildman–Crippen MR) is 43.9 cm³/mol. The van der Waals surface area contributed by atoms with Crippen LogP contribution < -0.4 is 0 Å². The Morgan fingerprint density at radius 3 is 2.00 bits per heavy atom. The highest BCUT2D eigenvalue weighted by Gasteiger charge is 2.22. The van der Waals surface area contributed by atoms with Crippen LogP contribution in [0, 0.1) is 0 Å². The molecular formula is C6H4Cl2O5. The lowest BCUT2D eigenvalue weighted by molar-refractivity contribution is -0.139. The van der Waals surface area contributed by atoms with Crippen molar-refractivity contribution in [3.8, 4) is 0 Å². The fourth-order valence-electron chi connectivity index (χ4n) is 0.381. The van der Waals surface area contributed by atoms with E-state index >= 15 is 0 Å². The van der Waals surface area contributed by atoms with Crippen molar-refractivity contribution in [2.45, 2.75) is 5.38 Å². The minimum Gasteiger partial charge on any atom is -0.480 e. The van der Waals surface area contributed by atoms with Crippen LogP contribution in [0.15, 0.2) is 11.1 Å². The number of aliphatic carboxylic acids is 2. The number of carboxylic acids is 2. The van der Waals surface area contributed by atoms with Gasteiger partial charge in [0, 0.05) is 6.08 Å². The summed E-state index contributed by atoms with van der Waals surface area (Å²) in [5, 5.41) is 13.8. The number of hydrogen-bond donors (Lipinski definition) is 2. The standard InChI is InChI=1S/C6H4Cl2O5/c7-2(5(10)11)1-3(9)4(8)6(12)13/h1,4H,(H,10,11)(H,12,13)/b2-1+. The van der Waals surface area contributed by atoms with E-state index in [1.807, 2.05) is 0 Å². The van der Waals surface area contributed by atoms with Crippen LogP contribution in [0.25, 0.3) is 0 Å². The normalized spacial score (nSPS) is 13.5. The predicted octanol–water partition coefficient (Wildman–Crippen LogP) is 0.455. The number of carbonyl (C=O) groups excluding carboxylic acids is 1. The van der Waals surface area contributed by atoms with E-state index in [2.05, 4.69) is 0 Å². The van der Waals surface area contributed by atoms with Gasteiger partial charge in [-0.2, -0.15) is 0 Å². The van der Waals surface area contributed by atoms with Crippen LogP contribution in [0.2, 0.25) is 0 Å². The Labute approximate surface area is 82.6 Å². The monoisotopic (exact) mass is 226 g/mol. The second kappa shape index (κ2) is 4.84. The van der Waals surface area contributed by atoms with Crippen LogP contribution in [0.3, 0.4) is 0 Å². The maximum atomic E-state index is 10.8. The molecule has 0 aromatic carbocycles. The van der Waals surface area contributed by atoms with Crippen LogP contribution in [-0.2, 0) is 14.4 Å². The second-order valence-corrected chi connectivity index (χ2v) is 2.74. The molecule has 0 saturated carbocycles. The highest BCUT2D eigenvalue weighted by atomic mass is 35.5. The zero-order valence-corrected chi connectivity index (χ0v) is 7.54. The first-order valence-corrected chi connectivity index (χ1v) is 3.69. The van der Waals surface area contributed by atoms with Gasteiger partial charge < -0.3 is 10.2 Å². The molecule has 0 bridgehead atoms. The lowest BCUT2D eigenvalue weighted by atomic mass is 10.2. The minimum atomic E-state index is -1.81. The third-order valence-corrected chi connectivity index (χ3v) is 1.61. The largest absolute Gasteiger partial charge is 0.480 e. The Kier molecular flexibility index (Phi) is 4.44. The van der Waals surface area contributed by atoms with E-state index < -0.39 is 28.1 Å². The molecule has 0 aromatic rings. The van der Waals surface area contributed by atoms with Gasteiger partial charge in [-0.1, -0.05) is 11.6 Å². The van der Waals surface area contributed by atoms with Crippen LogP contribution in [0.4, 0.5) is 0 Å². The van der Waals surface area contributed by atoms with E-state index in [4.69, 9.17) is 33.4 Å². The Balaban J connectivity index is 4.56. The highest BCUT2D eigenvalue weighted by Crippen LogP contribution is 2.05. The summed E-state index contributed by atoms with van der Waals surface area (Å²) in [6, 6.07) is 0. The Hall–Kier alpha value is -1.07. The maximum Gasteiger partial charge on any atom is 0.347 e. The summed E-state index contributed by atoms with van der Waals surface area (Å²) < 4.78 is 0. The fourth-order valence-corrected chi connectivity index (χ4v) is 0.552. The second-order valence-electron chi connectivity index (χ2n) is 1.90. The van der Waals surface area contributed by atoms with Gasteiger partial charge in [-0.15, -0.1) is 11.6 Å². The van der Waals surface area contributed by atoms with Crippen LogP contribution in [0.1, 0.15) is 0 Å². The molecule has 0 aliphatic heterocycles. The molecule has 0 aromatic heterocycles. The van der Waals surface area contributed by atoms with Gasteiger partial charge in [-0.25, -0.2) is 4.79 Å². The number of halogens is 2. The number of rotatable bonds is 4. The third-order valence-electron chi connectivity index (χ3n) is 0.940. The molecule has 0 heterocycles. The van der Waals surface area contributed by atoms with Crippen molar-refractivity contribution in [2.75, 3.05) is 0 Å². The summed E-state index contributed by atoms with van der Waals surface area (Å²) in [7, 11) is 0. The van der Waals surface area contributed by atoms with Gasteiger partial charge in [-0.3, -0.25) is 9.59 Å². The first-order valence-electron chi connectivity index (χ1n) is 2.87. The number of carbonyl (C=O) groups is 3. The number of alkyl halides is 1. The van der Waals surface area contributed by atoms with Gasteiger partial charge in [-0.05, 0) is 0 Å². The van der Waals surface area contributed by atoms with Crippen molar-refractivity contribution in [3.63, 3.8) is 0 Å². The summed E-state index contributed by atoms with van der Waals surface area (Å²) in [4.78, 5) is 31.0. The fraction of sp³-hybridized carbons (Fsp3) is 0.167. The van der Waals surface area contributed by atoms with Crippen LogP contribution >= 0.6 is 23.2 Å². The van der Waals surface area contributed by atoms with Gasteiger partial charge in [0.1, 0.15) is 5.03 Å². The quantitative estimate of drug-likeness (QED) is 0.413. The number of hydrogen-bond acceptors (Lipinski definition) is 3. The molecule has 2 N–H and O–H groups in total. The molecule has 0 saturated heterocycles. The van der Waals surface area contributed by atoms with Gasteiger partial charge in [0.15, 0.2) is 11.2 Å². The maximum absolute atomic E-state index is 10.8. The van der Waals surface area contributed by atoms with Gasteiger partial charge in [0.2, 0.25) is 0 Å². The average Bonchev–Trinajstić information content (AvgIpc) is 2.02. The first kappa shape index (κ1) is 11.9. The molecule has 1 atom stereocenters. The number of allylic oxidation sites excluding steroid dienone is 1. The van der Waals surface area contributed by atoms with E-state index in [9.17, 15) is 14.4 Å². The van der Waals surface area contributed by atoms with Crippen molar-refractivity contribution >= 4 is 40.9 Å². The summed E-state index contributed by atoms with van der Waals surface area (Å²) in [6.07, 6.45) is 0.454. The zero-order valence-electron chi connectivity index (χ0n) is 6.03. The Morgan fingerprint density at radius 1 is 1.23 bits per heavy atom. The van der Waals surface area contributed by atoms with Gasteiger partial charge in [0.25, 0.3) is 0 Å². The van der Waals surface area contributed by atoms with Gasteiger partial charge in [0.05, 0.1) is 0 Å². The van der Waals surface area contributed by atoms with Crippen molar-refractivity contribution < 1.29 is 24.6 Å². The first-order chi connectivity index (χ1) is 5.86. The molecule has 5 nitrogen and oxygen atoms in total. The van der Waals surface area contributed by atoms with Crippen molar-refractivity contribution in [1.82, 2.24) is 0 Å². The molecule has 7 heteroatoms. The summed E-state index contributed by atoms with van der Waals surface area (Å²) in [5.41, 5.74) is 0. The Bertz CT molecular complexity index is 283. The lowest BCUT2D eigenvalue weighted by Crippen LogP contribution is -2.22. The molecular weight excluding hydrogens is 223 g/mol. The molecule has 0 rings (SSSR count). The lowest BCUT2D eigenvalue weighted by Gasteiger charge is -1.97. The van der Waals surface area contributed by atoms with E-state index in [0.717, 1.165) is 0 Å². The van der Waals surface area contributed by atoms with E-state index in [-0.39, 0.29) is 0 Å². The van der Waals surface area contributed by atoms with Crippen molar-refractivity contribution in [2.24, 2.45) is 0 Å². The molecule has 0 spiro atoms. The molecule has 0 radical (unpaired) electrons. The smallest absolute Gasteiger partial charge is 0.347 e. The molecule has 13 heavy (non-hydrogen) atoms. The topological polar surface area (TPSA) is 91.7 Å². The zero-order chi connectivity index (χ0) is 10.6. The van der Waals surface area contributed by atoms with Crippen LogP contribution in [-0.4, -0.2) is 33.3 Å². The minimum absolute atomic E-state index is 0.454. The van der Waals surface area contributed by atoms with Crippen LogP contribution in [0.5, 0.6) is 0 Å². The molecule has 0 fully saturated rings.